The summed E-state index contributed by atoms with van der Waals surface area (Å²) in [5, 5.41) is 10.3. The topological polar surface area (TPSA) is 79.3 Å². The van der Waals surface area contributed by atoms with Crippen LogP contribution < -0.4 is 14.2 Å². The highest BCUT2D eigenvalue weighted by Crippen LogP contribution is 2.25. The van der Waals surface area contributed by atoms with Crippen LogP contribution in [0, 0.1) is 6.92 Å². The van der Waals surface area contributed by atoms with Gasteiger partial charge >= 0.3 is 0 Å². The van der Waals surface area contributed by atoms with Crippen molar-refractivity contribution in [3.63, 3.8) is 0 Å². The van der Waals surface area contributed by atoms with E-state index in [1.165, 1.54) is 0 Å². The molecular weight excluding hydrogens is 434 g/mol. The van der Waals surface area contributed by atoms with Crippen LogP contribution in [0.15, 0.2) is 60.7 Å². The van der Waals surface area contributed by atoms with Crippen molar-refractivity contribution in [3.8, 4) is 23.1 Å². The summed E-state index contributed by atoms with van der Waals surface area (Å²) in [5.41, 5.74) is 2.74. The fraction of sp³-hybridized carbons (Fsp3) is 0.370. The molecule has 0 amide bonds. The van der Waals surface area contributed by atoms with E-state index in [0.717, 1.165) is 34.7 Å². The van der Waals surface area contributed by atoms with Gasteiger partial charge in [0.2, 0.25) is 5.88 Å². The lowest BCUT2D eigenvalue weighted by molar-refractivity contribution is -0.102. The van der Waals surface area contributed by atoms with E-state index in [4.69, 9.17) is 23.7 Å². The van der Waals surface area contributed by atoms with Crippen LogP contribution in [-0.2, 0) is 22.3 Å². The third-order valence-corrected chi connectivity index (χ3v) is 5.56. The minimum absolute atomic E-state index is 0.118. The lowest BCUT2D eigenvalue weighted by Gasteiger charge is -2.23. The molecule has 0 bridgehead atoms. The number of aryl methyl sites for hydroxylation is 2. The molecule has 1 fully saturated rings. The van der Waals surface area contributed by atoms with Gasteiger partial charge in [-0.3, -0.25) is 0 Å². The molecule has 180 valence electrons. The molecule has 1 atom stereocenters. The van der Waals surface area contributed by atoms with Gasteiger partial charge in [-0.05, 0) is 49.6 Å². The van der Waals surface area contributed by atoms with Gasteiger partial charge in [0, 0.05) is 11.6 Å². The zero-order chi connectivity index (χ0) is 23.6. The van der Waals surface area contributed by atoms with Crippen molar-refractivity contribution in [3.05, 3.63) is 77.5 Å². The third kappa shape index (κ3) is 7.10. The summed E-state index contributed by atoms with van der Waals surface area (Å²) in [6.45, 7) is 4.85. The molecule has 4 rings (SSSR count). The van der Waals surface area contributed by atoms with E-state index in [1.54, 1.807) is 6.07 Å². The number of ether oxygens (including phenoxy) is 5. The molecule has 7 heteroatoms. The van der Waals surface area contributed by atoms with Gasteiger partial charge in [-0.1, -0.05) is 30.3 Å². The molecule has 1 N–H and O–H groups in total. The van der Waals surface area contributed by atoms with E-state index >= 15 is 0 Å². The molecule has 0 spiro atoms. The Morgan fingerprint density at radius 3 is 2.35 bits per heavy atom. The van der Waals surface area contributed by atoms with Crippen LogP contribution in [0.3, 0.4) is 0 Å². The quantitative estimate of drug-likeness (QED) is 0.427. The molecule has 1 aliphatic heterocycles. The molecule has 1 saturated heterocycles. The summed E-state index contributed by atoms with van der Waals surface area (Å²) < 4.78 is 28.2. The average molecular weight is 466 g/mol. The van der Waals surface area contributed by atoms with Crippen molar-refractivity contribution >= 4 is 0 Å². The summed E-state index contributed by atoms with van der Waals surface area (Å²) >= 11 is 0. The number of benzene rings is 2. The Labute approximate surface area is 200 Å². The Bertz CT molecular complexity index is 1020. The van der Waals surface area contributed by atoms with Crippen molar-refractivity contribution in [2.24, 2.45) is 0 Å². The molecule has 2 heterocycles. The van der Waals surface area contributed by atoms with Gasteiger partial charge in [0.15, 0.2) is 0 Å². The van der Waals surface area contributed by atoms with Crippen LogP contribution in [0.1, 0.15) is 16.8 Å². The summed E-state index contributed by atoms with van der Waals surface area (Å²) in [6, 6.07) is 19.3. The van der Waals surface area contributed by atoms with Crippen molar-refractivity contribution in [2.75, 3.05) is 39.6 Å². The highest BCUT2D eigenvalue weighted by Gasteiger charge is 2.16. The summed E-state index contributed by atoms with van der Waals surface area (Å²) in [6.07, 6.45) is 1.35. The number of aromatic hydroxyl groups is 1. The fourth-order valence-electron chi connectivity index (χ4n) is 3.60. The first-order valence-electron chi connectivity index (χ1n) is 11.6. The van der Waals surface area contributed by atoms with Crippen molar-refractivity contribution in [1.29, 1.82) is 0 Å². The van der Waals surface area contributed by atoms with Crippen LogP contribution in [0.25, 0.3) is 0 Å². The molecular formula is C27H31NO6. The van der Waals surface area contributed by atoms with Crippen molar-refractivity contribution in [1.82, 2.24) is 4.98 Å². The normalized spacial score (nSPS) is 15.6. The smallest absolute Gasteiger partial charge is 0.217 e. The van der Waals surface area contributed by atoms with Crippen LogP contribution in [0.2, 0.25) is 0 Å². The first-order chi connectivity index (χ1) is 16.7. The zero-order valence-corrected chi connectivity index (χ0v) is 19.4. The largest absolute Gasteiger partial charge is 0.507 e. The Kier molecular flexibility index (Phi) is 8.60. The molecule has 34 heavy (non-hydrogen) atoms. The number of nitrogens with zero attached hydrogens (tertiary/aromatic N) is 1. The number of pyridine rings is 1. The number of para-hydroxylation sites is 1. The SMILES string of the molecule is Cc1c(O)cc(OCC2COCCO2)nc1CCc1ccc(OCCOc2ccccc2)cc1. The molecule has 0 radical (unpaired) electrons. The monoisotopic (exact) mass is 465 g/mol. The standard InChI is InChI=1S/C27H31NO6/c1-20-25(28-27(17-26(20)29)34-19-24-18-30-13-14-33-24)12-9-21-7-10-23(11-8-21)32-16-15-31-22-5-3-2-4-6-22/h2-8,10-11,17,24H,9,12-16,18-19H2,1H3,(H,28,29). The maximum absolute atomic E-state index is 10.3. The molecule has 0 aliphatic carbocycles. The summed E-state index contributed by atoms with van der Waals surface area (Å²) in [7, 11) is 0. The second-order valence-electron chi connectivity index (χ2n) is 8.08. The molecule has 1 aromatic heterocycles. The molecule has 7 nitrogen and oxygen atoms in total. The highest BCUT2D eigenvalue weighted by atomic mass is 16.6. The highest BCUT2D eigenvalue weighted by molar-refractivity contribution is 5.39. The molecule has 2 aromatic carbocycles. The van der Waals surface area contributed by atoms with E-state index < -0.39 is 0 Å². The van der Waals surface area contributed by atoms with Gasteiger partial charge in [0.25, 0.3) is 0 Å². The minimum Gasteiger partial charge on any atom is -0.507 e. The van der Waals surface area contributed by atoms with E-state index in [1.807, 2.05) is 61.5 Å². The second kappa shape index (κ2) is 12.3. The van der Waals surface area contributed by atoms with Gasteiger partial charge in [-0.2, -0.15) is 0 Å². The first-order valence-corrected chi connectivity index (χ1v) is 11.6. The number of aromatic nitrogens is 1. The van der Waals surface area contributed by atoms with Gasteiger partial charge in [-0.25, -0.2) is 4.98 Å². The Morgan fingerprint density at radius 2 is 1.65 bits per heavy atom. The number of hydrogen-bond acceptors (Lipinski definition) is 7. The van der Waals surface area contributed by atoms with E-state index in [9.17, 15) is 5.11 Å². The lowest BCUT2D eigenvalue weighted by Crippen LogP contribution is -2.33. The zero-order valence-electron chi connectivity index (χ0n) is 19.4. The number of rotatable bonds is 11. The Morgan fingerprint density at radius 1 is 0.912 bits per heavy atom. The molecule has 0 saturated carbocycles. The molecule has 3 aromatic rings. The van der Waals surface area contributed by atoms with Gasteiger partial charge in [0.05, 0.1) is 25.5 Å². The van der Waals surface area contributed by atoms with Crippen molar-refractivity contribution in [2.45, 2.75) is 25.9 Å². The molecule has 1 aliphatic rings. The third-order valence-electron chi connectivity index (χ3n) is 5.56. The Hall–Kier alpha value is -3.29. The average Bonchev–Trinajstić information content (AvgIpc) is 2.88. The van der Waals surface area contributed by atoms with Gasteiger partial charge in [-0.15, -0.1) is 0 Å². The van der Waals surface area contributed by atoms with E-state index in [0.29, 0.717) is 51.9 Å². The predicted octanol–water partition coefficient (Wildman–Crippen LogP) is 4.13. The minimum atomic E-state index is -0.118. The first kappa shape index (κ1) is 23.9. The van der Waals surface area contributed by atoms with Crippen LogP contribution >= 0.6 is 0 Å². The van der Waals surface area contributed by atoms with Gasteiger partial charge in [0.1, 0.15) is 43.2 Å². The lowest BCUT2D eigenvalue weighted by atomic mass is 10.0. The van der Waals surface area contributed by atoms with E-state index in [2.05, 4.69) is 4.98 Å². The summed E-state index contributed by atoms with van der Waals surface area (Å²) in [4.78, 5) is 4.61. The Balaban J connectivity index is 1.24. The van der Waals surface area contributed by atoms with Crippen molar-refractivity contribution < 1.29 is 28.8 Å². The maximum atomic E-state index is 10.3. The second-order valence-corrected chi connectivity index (χ2v) is 8.08. The molecule has 1 unspecified atom stereocenters. The predicted molar refractivity (Wildman–Crippen MR) is 128 cm³/mol. The van der Waals surface area contributed by atoms with Gasteiger partial charge < -0.3 is 28.8 Å². The van der Waals surface area contributed by atoms with Crippen LogP contribution in [0.5, 0.6) is 23.1 Å². The maximum Gasteiger partial charge on any atom is 0.217 e. The van der Waals surface area contributed by atoms with E-state index in [-0.39, 0.29) is 11.9 Å². The van der Waals surface area contributed by atoms with Crippen LogP contribution in [-0.4, -0.2) is 55.8 Å². The number of hydrogen-bond donors (Lipinski definition) is 1. The summed E-state index contributed by atoms with van der Waals surface area (Å²) in [5.74, 6) is 2.22. The fourth-order valence-corrected chi connectivity index (χ4v) is 3.60. The van der Waals surface area contributed by atoms with Crippen LogP contribution in [0.4, 0.5) is 0 Å².